The summed E-state index contributed by atoms with van der Waals surface area (Å²) in [6, 6.07) is 12.8. The van der Waals surface area contributed by atoms with Crippen LogP contribution in [-0.2, 0) is 18.7 Å². The molecule has 1 aromatic carbocycles. The quantitative estimate of drug-likeness (QED) is 0.793. The molecular formula is C21H25N3O. The van der Waals surface area contributed by atoms with E-state index in [1.54, 1.807) is 12.4 Å². The molecule has 4 heteroatoms. The fourth-order valence-corrected chi connectivity index (χ4v) is 3.89. The number of likely N-dealkylation sites (tertiary alicyclic amines) is 1. The van der Waals surface area contributed by atoms with Crippen molar-refractivity contribution in [2.24, 2.45) is 0 Å². The van der Waals surface area contributed by atoms with Gasteiger partial charge in [0.25, 0.3) is 0 Å². The maximum absolute atomic E-state index is 10.9. The lowest BCUT2D eigenvalue weighted by molar-refractivity contribution is -0.0279. The van der Waals surface area contributed by atoms with Crippen LogP contribution in [0.4, 0.5) is 0 Å². The van der Waals surface area contributed by atoms with Crippen LogP contribution in [-0.4, -0.2) is 32.6 Å². The minimum Gasteiger partial charge on any atom is -0.385 e. The van der Waals surface area contributed by atoms with Crippen molar-refractivity contribution in [1.29, 1.82) is 0 Å². The van der Waals surface area contributed by atoms with Crippen molar-refractivity contribution < 1.29 is 5.11 Å². The van der Waals surface area contributed by atoms with Gasteiger partial charge >= 0.3 is 0 Å². The summed E-state index contributed by atoms with van der Waals surface area (Å²) in [5.41, 5.74) is 2.86. The number of aryl methyl sites for hydroxylation is 1. The van der Waals surface area contributed by atoms with Crippen molar-refractivity contribution in [3.05, 3.63) is 66.1 Å². The zero-order valence-electron chi connectivity index (χ0n) is 14.7. The van der Waals surface area contributed by atoms with Crippen LogP contribution in [0.1, 0.15) is 30.9 Å². The van der Waals surface area contributed by atoms with Crippen LogP contribution >= 0.6 is 0 Å². The first-order valence-corrected chi connectivity index (χ1v) is 9.11. The van der Waals surface area contributed by atoms with E-state index in [0.717, 1.165) is 44.6 Å². The average molecular weight is 335 g/mol. The summed E-state index contributed by atoms with van der Waals surface area (Å²) >= 11 is 0. The van der Waals surface area contributed by atoms with Crippen molar-refractivity contribution in [1.82, 2.24) is 14.5 Å². The number of pyridine rings is 1. The van der Waals surface area contributed by atoms with E-state index in [-0.39, 0.29) is 0 Å². The molecule has 0 aliphatic carbocycles. The van der Waals surface area contributed by atoms with E-state index in [4.69, 9.17) is 0 Å². The predicted molar refractivity (Wildman–Crippen MR) is 100 cm³/mol. The van der Waals surface area contributed by atoms with Gasteiger partial charge in [-0.05, 0) is 55.0 Å². The first kappa shape index (κ1) is 16.3. The number of aliphatic hydroxyl groups is 1. The third-order valence-corrected chi connectivity index (χ3v) is 5.46. The van der Waals surface area contributed by atoms with Crippen molar-refractivity contribution in [3.8, 4) is 0 Å². The van der Waals surface area contributed by atoms with Gasteiger partial charge < -0.3 is 9.67 Å². The van der Waals surface area contributed by atoms with Crippen LogP contribution in [0.5, 0.6) is 0 Å². The Kier molecular flexibility index (Phi) is 4.32. The Morgan fingerprint density at radius 3 is 2.72 bits per heavy atom. The second kappa shape index (κ2) is 6.62. The summed E-state index contributed by atoms with van der Waals surface area (Å²) in [6.45, 7) is 5.92. The predicted octanol–water partition coefficient (Wildman–Crippen LogP) is 3.54. The molecule has 0 atom stereocenters. The Hall–Kier alpha value is -2.17. The van der Waals surface area contributed by atoms with Gasteiger partial charge in [-0.25, -0.2) is 0 Å². The van der Waals surface area contributed by atoms with Crippen LogP contribution in [0, 0.1) is 0 Å². The summed E-state index contributed by atoms with van der Waals surface area (Å²) in [7, 11) is 0. The molecule has 0 unspecified atom stereocenters. The fourth-order valence-electron chi connectivity index (χ4n) is 3.89. The van der Waals surface area contributed by atoms with E-state index in [9.17, 15) is 5.11 Å². The van der Waals surface area contributed by atoms with Crippen LogP contribution in [0.15, 0.2) is 55.0 Å². The average Bonchev–Trinajstić information content (AvgIpc) is 3.07. The van der Waals surface area contributed by atoms with Crippen LogP contribution in [0.25, 0.3) is 10.9 Å². The minimum absolute atomic E-state index is 0.729. The summed E-state index contributed by atoms with van der Waals surface area (Å²) in [4.78, 5) is 6.59. The number of rotatable bonds is 4. The lowest BCUT2D eigenvalue weighted by Crippen LogP contribution is -2.42. The summed E-state index contributed by atoms with van der Waals surface area (Å²) in [5.74, 6) is 0. The molecule has 3 aromatic rings. The molecule has 3 heterocycles. The number of nitrogens with zero attached hydrogens (tertiary/aromatic N) is 3. The lowest BCUT2D eigenvalue weighted by atomic mass is 9.85. The van der Waals surface area contributed by atoms with E-state index in [1.165, 1.54) is 16.5 Å². The molecule has 1 aliphatic rings. The highest BCUT2D eigenvalue weighted by Crippen LogP contribution is 2.32. The van der Waals surface area contributed by atoms with E-state index >= 15 is 0 Å². The van der Waals surface area contributed by atoms with Crippen LogP contribution in [0.3, 0.4) is 0 Å². The fraction of sp³-hybridized carbons (Fsp3) is 0.381. The third-order valence-electron chi connectivity index (χ3n) is 5.46. The van der Waals surface area contributed by atoms with Crippen molar-refractivity contribution in [2.45, 2.75) is 38.5 Å². The molecule has 1 fully saturated rings. The molecule has 0 radical (unpaired) electrons. The lowest BCUT2D eigenvalue weighted by Gasteiger charge is -2.38. The van der Waals surface area contributed by atoms with Gasteiger partial charge in [0.05, 0.1) is 5.60 Å². The molecular weight excluding hydrogens is 310 g/mol. The van der Waals surface area contributed by atoms with E-state index in [0.29, 0.717) is 0 Å². The van der Waals surface area contributed by atoms with Gasteiger partial charge in [0.15, 0.2) is 0 Å². The van der Waals surface area contributed by atoms with Gasteiger partial charge in [0.2, 0.25) is 0 Å². The zero-order valence-corrected chi connectivity index (χ0v) is 14.7. The van der Waals surface area contributed by atoms with Gasteiger partial charge in [-0.1, -0.05) is 12.1 Å². The second-order valence-electron chi connectivity index (χ2n) is 7.04. The topological polar surface area (TPSA) is 41.3 Å². The van der Waals surface area contributed by atoms with Gasteiger partial charge in [-0.15, -0.1) is 0 Å². The van der Waals surface area contributed by atoms with Crippen molar-refractivity contribution in [3.63, 3.8) is 0 Å². The standard InChI is InChI=1S/C21H25N3O/c1-2-24-11-7-18-14-17(5-6-20(18)24)16-23-12-8-21(25,9-13-23)19-4-3-10-22-15-19/h3-7,10-11,14-15,25H,2,8-9,12-13,16H2,1H3. The summed E-state index contributed by atoms with van der Waals surface area (Å²) in [6.07, 6.45) is 7.22. The normalized spacial score (nSPS) is 17.8. The Labute approximate surface area is 148 Å². The Balaban J connectivity index is 1.43. The maximum atomic E-state index is 10.9. The SMILES string of the molecule is CCn1ccc2cc(CN3CCC(O)(c4cccnc4)CC3)ccc21. The van der Waals surface area contributed by atoms with Crippen molar-refractivity contribution >= 4 is 10.9 Å². The second-order valence-corrected chi connectivity index (χ2v) is 7.04. The van der Waals surface area contributed by atoms with Gasteiger partial charge in [0.1, 0.15) is 0 Å². The first-order valence-electron chi connectivity index (χ1n) is 9.11. The smallest absolute Gasteiger partial charge is 0.0935 e. The van der Waals surface area contributed by atoms with Gasteiger partial charge in [-0.2, -0.15) is 0 Å². The molecule has 0 amide bonds. The van der Waals surface area contributed by atoms with Crippen LogP contribution < -0.4 is 0 Å². The number of hydrogen-bond acceptors (Lipinski definition) is 3. The van der Waals surface area contributed by atoms with Crippen LogP contribution in [0.2, 0.25) is 0 Å². The molecule has 1 N–H and O–H groups in total. The van der Waals surface area contributed by atoms with Crippen molar-refractivity contribution in [2.75, 3.05) is 13.1 Å². The summed E-state index contributed by atoms with van der Waals surface area (Å²) in [5, 5.41) is 12.2. The molecule has 1 saturated heterocycles. The maximum Gasteiger partial charge on any atom is 0.0935 e. The van der Waals surface area contributed by atoms with Gasteiger partial charge in [-0.3, -0.25) is 9.88 Å². The number of benzene rings is 1. The minimum atomic E-state index is -0.729. The highest BCUT2D eigenvalue weighted by Gasteiger charge is 2.34. The van der Waals surface area contributed by atoms with E-state index in [1.807, 2.05) is 12.1 Å². The molecule has 130 valence electrons. The first-order chi connectivity index (χ1) is 12.2. The molecule has 0 spiro atoms. The largest absolute Gasteiger partial charge is 0.385 e. The number of hydrogen-bond donors (Lipinski definition) is 1. The molecule has 0 saturated carbocycles. The number of fused-ring (bicyclic) bond motifs is 1. The Morgan fingerprint density at radius 2 is 2.00 bits per heavy atom. The number of aromatic nitrogens is 2. The summed E-state index contributed by atoms with van der Waals surface area (Å²) < 4.78 is 2.27. The van der Waals surface area contributed by atoms with E-state index < -0.39 is 5.60 Å². The molecule has 25 heavy (non-hydrogen) atoms. The molecule has 4 nitrogen and oxygen atoms in total. The van der Waals surface area contributed by atoms with Gasteiger partial charge in [0, 0.05) is 55.8 Å². The Bertz CT molecular complexity index is 848. The molecule has 0 bridgehead atoms. The van der Waals surface area contributed by atoms with E-state index in [2.05, 4.69) is 51.8 Å². The molecule has 2 aromatic heterocycles. The zero-order chi connectivity index (χ0) is 17.3. The third kappa shape index (κ3) is 3.20. The molecule has 4 rings (SSSR count). The monoisotopic (exact) mass is 335 g/mol. The Morgan fingerprint density at radius 1 is 1.16 bits per heavy atom. The highest BCUT2D eigenvalue weighted by molar-refractivity contribution is 5.80. The number of piperidine rings is 1. The molecule has 1 aliphatic heterocycles. The highest BCUT2D eigenvalue weighted by atomic mass is 16.3.